The lowest BCUT2D eigenvalue weighted by Crippen LogP contribution is -2.29. The van der Waals surface area contributed by atoms with Gasteiger partial charge in [-0.1, -0.05) is 13.2 Å². The average molecular weight is 149 g/mol. The molecule has 0 radical (unpaired) electrons. The molecule has 58 valence electrons. The summed E-state index contributed by atoms with van der Waals surface area (Å²) < 4.78 is 1.67. The van der Waals surface area contributed by atoms with Crippen LogP contribution in [0.5, 0.6) is 0 Å². The Hall–Kier alpha value is -1.51. The number of rotatable bonds is 1. The molecular weight excluding hydrogens is 138 g/mol. The minimum atomic E-state index is 0.614. The van der Waals surface area contributed by atoms with Gasteiger partial charge in [-0.3, -0.25) is 4.68 Å². The molecule has 0 saturated carbocycles. The summed E-state index contributed by atoms with van der Waals surface area (Å²) in [6.45, 7) is 7.36. The Balaban J connectivity index is 3.60. The number of hydrogen-bond donors (Lipinski definition) is 1. The molecule has 0 unspecified atom stereocenters. The van der Waals surface area contributed by atoms with E-state index in [9.17, 15) is 0 Å². The fraction of sp³-hybridized carbons (Fsp3) is 0.125. The Kier molecular flexibility index (Phi) is 1.81. The van der Waals surface area contributed by atoms with E-state index in [2.05, 4.69) is 18.3 Å². The second kappa shape index (κ2) is 2.62. The Morgan fingerprint density at radius 2 is 2.45 bits per heavy atom. The van der Waals surface area contributed by atoms with Crippen molar-refractivity contribution in [2.45, 2.75) is 0 Å². The summed E-state index contributed by atoms with van der Waals surface area (Å²) in [7, 11) is 1.82. The van der Waals surface area contributed by atoms with Gasteiger partial charge in [0, 0.05) is 18.0 Å². The maximum Gasteiger partial charge on any atom is 0.0628 e. The van der Waals surface area contributed by atoms with E-state index in [1.54, 1.807) is 17.0 Å². The van der Waals surface area contributed by atoms with Gasteiger partial charge in [-0.2, -0.15) is 5.10 Å². The molecule has 0 aliphatic heterocycles. The Bertz CT molecular complexity index is 373. The Morgan fingerprint density at radius 3 is 2.82 bits per heavy atom. The highest BCUT2D eigenvalue weighted by Gasteiger charge is 1.91. The molecule has 0 fully saturated rings. The largest absolute Gasteiger partial charge is 0.398 e. The second-order valence-corrected chi connectivity index (χ2v) is 2.29. The van der Waals surface area contributed by atoms with Gasteiger partial charge in [-0.05, 0) is 6.08 Å². The highest BCUT2D eigenvalue weighted by atomic mass is 15.2. The van der Waals surface area contributed by atoms with Crippen LogP contribution in [0.15, 0.2) is 18.9 Å². The fourth-order valence-electron chi connectivity index (χ4n) is 0.814. The van der Waals surface area contributed by atoms with E-state index in [4.69, 9.17) is 5.73 Å². The van der Waals surface area contributed by atoms with Crippen molar-refractivity contribution >= 4 is 12.3 Å². The highest BCUT2D eigenvalue weighted by molar-refractivity contribution is 5.50. The first kappa shape index (κ1) is 7.60. The third-order valence-electron chi connectivity index (χ3n) is 1.59. The molecule has 3 heteroatoms. The first-order chi connectivity index (χ1) is 5.16. The monoisotopic (exact) mass is 149 g/mol. The van der Waals surface area contributed by atoms with Crippen molar-refractivity contribution in [2.24, 2.45) is 12.8 Å². The third-order valence-corrected chi connectivity index (χ3v) is 1.59. The lowest BCUT2D eigenvalue weighted by molar-refractivity contribution is 0.744. The number of aryl methyl sites for hydroxylation is 1. The minimum Gasteiger partial charge on any atom is -0.398 e. The first-order valence-corrected chi connectivity index (χ1v) is 3.26. The predicted octanol–water partition coefficient (Wildman–Crippen LogP) is -0.917. The summed E-state index contributed by atoms with van der Waals surface area (Å²) in [5.74, 6) is 0. The first-order valence-electron chi connectivity index (χ1n) is 3.26. The van der Waals surface area contributed by atoms with E-state index >= 15 is 0 Å². The number of hydrogen-bond acceptors (Lipinski definition) is 2. The molecule has 0 aromatic carbocycles. The normalized spacial score (nSPS) is 12.8. The standard InChI is InChI=1S/C8H11N3/c1-4-8(9)7-5-10-11(3)6(7)2/h4-5H,1-2,9H2,3H3/b8-7+. The minimum absolute atomic E-state index is 0.614. The van der Waals surface area contributed by atoms with Crippen LogP contribution in [0.1, 0.15) is 0 Å². The molecule has 0 aliphatic rings. The van der Waals surface area contributed by atoms with Crippen molar-refractivity contribution in [1.29, 1.82) is 0 Å². The number of aromatic nitrogens is 2. The van der Waals surface area contributed by atoms with Crippen molar-refractivity contribution in [3.63, 3.8) is 0 Å². The molecule has 1 rings (SSSR count). The van der Waals surface area contributed by atoms with Gasteiger partial charge in [-0.15, -0.1) is 0 Å². The molecule has 0 amide bonds. The van der Waals surface area contributed by atoms with E-state index in [0.717, 1.165) is 10.6 Å². The van der Waals surface area contributed by atoms with E-state index < -0.39 is 0 Å². The van der Waals surface area contributed by atoms with Crippen LogP contribution in [0, 0.1) is 0 Å². The van der Waals surface area contributed by atoms with Crippen LogP contribution in [0.3, 0.4) is 0 Å². The molecule has 2 N–H and O–H groups in total. The molecule has 1 aromatic rings. The lowest BCUT2D eigenvalue weighted by Gasteiger charge is -1.87. The van der Waals surface area contributed by atoms with E-state index in [1.807, 2.05) is 7.05 Å². The summed E-state index contributed by atoms with van der Waals surface area (Å²) in [5.41, 5.74) is 6.23. The third kappa shape index (κ3) is 1.17. The molecule has 0 atom stereocenters. The molecule has 0 spiro atoms. The molecule has 1 heterocycles. The molecule has 0 bridgehead atoms. The zero-order valence-corrected chi connectivity index (χ0v) is 6.54. The van der Waals surface area contributed by atoms with Crippen LogP contribution in [-0.4, -0.2) is 9.78 Å². The smallest absolute Gasteiger partial charge is 0.0628 e. The SMILES string of the molecule is C=C/C(N)=c1/cnn(C)c1=C. The quantitative estimate of drug-likeness (QED) is 0.561. The highest BCUT2D eigenvalue weighted by Crippen LogP contribution is 1.76. The molecule has 0 aliphatic carbocycles. The Labute approximate surface area is 65.1 Å². The average Bonchev–Trinajstić information content (AvgIpc) is 2.32. The summed E-state index contributed by atoms with van der Waals surface area (Å²) in [6.07, 6.45) is 3.27. The Morgan fingerprint density at radius 1 is 1.82 bits per heavy atom. The molecule has 0 saturated heterocycles. The summed E-state index contributed by atoms with van der Waals surface area (Å²) in [4.78, 5) is 0. The molecule has 3 nitrogen and oxygen atoms in total. The van der Waals surface area contributed by atoms with E-state index in [-0.39, 0.29) is 0 Å². The van der Waals surface area contributed by atoms with Gasteiger partial charge < -0.3 is 5.73 Å². The van der Waals surface area contributed by atoms with E-state index in [0.29, 0.717) is 5.70 Å². The molecule has 1 aromatic heterocycles. The van der Waals surface area contributed by atoms with Crippen molar-refractivity contribution in [2.75, 3.05) is 0 Å². The molecule has 11 heavy (non-hydrogen) atoms. The van der Waals surface area contributed by atoms with Crippen LogP contribution in [0.4, 0.5) is 0 Å². The van der Waals surface area contributed by atoms with Gasteiger partial charge in [0.1, 0.15) is 0 Å². The maximum atomic E-state index is 5.61. The van der Waals surface area contributed by atoms with Crippen LogP contribution in [0.2, 0.25) is 0 Å². The van der Waals surface area contributed by atoms with Crippen molar-refractivity contribution in [1.82, 2.24) is 9.78 Å². The van der Waals surface area contributed by atoms with Crippen molar-refractivity contribution in [3.05, 3.63) is 29.4 Å². The summed E-state index contributed by atoms with van der Waals surface area (Å²) in [6, 6.07) is 0. The number of nitrogens with two attached hydrogens (primary N) is 1. The maximum absolute atomic E-state index is 5.61. The van der Waals surface area contributed by atoms with Gasteiger partial charge in [0.05, 0.1) is 11.5 Å². The van der Waals surface area contributed by atoms with Crippen LogP contribution in [0.25, 0.3) is 12.3 Å². The lowest BCUT2D eigenvalue weighted by atomic mass is 10.3. The van der Waals surface area contributed by atoms with Gasteiger partial charge >= 0.3 is 0 Å². The van der Waals surface area contributed by atoms with Crippen LogP contribution >= 0.6 is 0 Å². The van der Waals surface area contributed by atoms with Crippen molar-refractivity contribution in [3.8, 4) is 0 Å². The van der Waals surface area contributed by atoms with E-state index in [1.165, 1.54) is 0 Å². The summed E-state index contributed by atoms with van der Waals surface area (Å²) >= 11 is 0. The number of nitrogens with zero attached hydrogens (tertiary/aromatic N) is 2. The molecular formula is C8H11N3. The zero-order chi connectivity index (χ0) is 8.43. The van der Waals surface area contributed by atoms with Gasteiger partial charge in [0.15, 0.2) is 0 Å². The van der Waals surface area contributed by atoms with Gasteiger partial charge in [-0.25, -0.2) is 0 Å². The van der Waals surface area contributed by atoms with Crippen molar-refractivity contribution < 1.29 is 0 Å². The zero-order valence-electron chi connectivity index (χ0n) is 6.54. The van der Waals surface area contributed by atoms with Gasteiger partial charge in [0.25, 0.3) is 0 Å². The topological polar surface area (TPSA) is 43.8 Å². The fourth-order valence-corrected chi connectivity index (χ4v) is 0.814. The summed E-state index contributed by atoms with van der Waals surface area (Å²) in [5, 5.41) is 5.65. The van der Waals surface area contributed by atoms with Crippen LogP contribution < -0.4 is 16.3 Å². The second-order valence-electron chi connectivity index (χ2n) is 2.29. The van der Waals surface area contributed by atoms with Gasteiger partial charge in [0.2, 0.25) is 0 Å². The van der Waals surface area contributed by atoms with Crippen LogP contribution in [-0.2, 0) is 7.05 Å². The predicted molar refractivity (Wildman–Crippen MR) is 45.8 cm³/mol.